The SMILES string of the molecule is CC(=O)OC[C@@H]1C=C[C@@H](NC(=O)c2ccccc2)[C@@H](O[C@H]2C[C@@H](C)CC[C@@H]2C(C)C)O1. The number of amides is 1. The Morgan fingerprint density at radius 1 is 1.16 bits per heavy atom. The molecule has 0 unspecified atom stereocenters. The van der Waals surface area contributed by atoms with Crippen molar-refractivity contribution in [3.8, 4) is 0 Å². The van der Waals surface area contributed by atoms with E-state index in [1.807, 2.05) is 30.4 Å². The number of ether oxygens (including phenoxy) is 3. The molecule has 170 valence electrons. The first-order chi connectivity index (χ1) is 14.8. The standard InChI is InChI=1S/C25H35NO5/c1-16(2)21-12-10-17(3)14-23(21)31-25-22(13-11-20(30-25)15-29-18(4)27)26-24(28)19-8-6-5-7-9-19/h5-9,11,13,16-17,20-23,25H,10,12,14-15H2,1-4H3,(H,26,28)/t17-,20-,21+,22+,23-,25+/m0/s1. The van der Waals surface area contributed by atoms with Gasteiger partial charge in [-0.05, 0) is 42.7 Å². The van der Waals surface area contributed by atoms with Gasteiger partial charge < -0.3 is 19.5 Å². The highest BCUT2D eigenvalue weighted by Gasteiger charge is 2.37. The summed E-state index contributed by atoms with van der Waals surface area (Å²) < 4.78 is 17.8. The van der Waals surface area contributed by atoms with Gasteiger partial charge in [0.1, 0.15) is 12.7 Å². The maximum absolute atomic E-state index is 12.7. The van der Waals surface area contributed by atoms with Crippen LogP contribution >= 0.6 is 0 Å². The van der Waals surface area contributed by atoms with Crippen molar-refractivity contribution in [1.82, 2.24) is 5.32 Å². The molecule has 0 aromatic heterocycles. The molecular formula is C25H35NO5. The van der Waals surface area contributed by atoms with Crippen LogP contribution in [-0.2, 0) is 19.0 Å². The molecule has 1 heterocycles. The number of hydrogen-bond donors (Lipinski definition) is 1. The van der Waals surface area contributed by atoms with Gasteiger partial charge in [-0.25, -0.2) is 0 Å². The Labute approximate surface area is 185 Å². The van der Waals surface area contributed by atoms with Crippen LogP contribution in [-0.4, -0.2) is 43.0 Å². The van der Waals surface area contributed by atoms with E-state index in [2.05, 4.69) is 26.1 Å². The van der Waals surface area contributed by atoms with Crippen molar-refractivity contribution >= 4 is 11.9 Å². The van der Waals surface area contributed by atoms with Crippen LogP contribution in [0.5, 0.6) is 0 Å². The smallest absolute Gasteiger partial charge is 0.302 e. The van der Waals surface area contributed by atoms with Gasteiger partial charge in [0.05, 0.1) is 12.1 Å². The number of benzene rings is 1. The molecule has 6 heteroatoms. The van der Waals surface area contributed by atoms with Gasteiger partial charge in [-0.3, -0.25) is 9.59 Å². The van der Waals surface area contributed by atoms with E-state index in [9.17, 15) is 9.59 Å². The molecule has 1 aliphatic carbocycles. The van der Waals surface area contributed by atoms with Crippen LogP contribution in [0.15, 0.2) is 42.5 Å². The van der Waals surface area contributed by atoms with E-state index in [-0.39, 0.29) is 24.6 Å². The van der Waals surface area contributed by atoms with E-state index in [0.29, 0.717) is 23.3 Å². The van der Waals surface area contributed by atoms with Crippen LogP contribution in [0.2, 0.25) is 0 Å². The molecule has 1 aliphatic heterocycles. The molecule has 1 fully saturated rings. The fourth-order valence-corrected chi connectivity index (χ4v) is 4.43. The molecule has 1 aromatic rings. The van der Waals surface area contributed by atoms with E-state index in [4.69, 9.17) is 14.2 Å². The maximum Gasteiger partial charge on any atom is 0.302 e. The van der Waals surface area contributed by atoms with Crippen LogP contribution in [0.3, 0.4) is 0 Å². The van der Waals surface area contributed by atoms with Gasteiger partial charge in [-0.2, -0.15) is 0 Å². The Balaban J connectivity index is 1.75. The molecule has 3 rings (SSSR count). The van der Waals surface area contributed by atoms with Gasteiger partial charge in [0.15, 0.2) is 6.29 Å². The van der Waals surface area contributed by atoms with Crippen LogP contribution in [0.1, 0.15) is 57.3 Å². The fraction of sp³-hybridized carbons (Fsp3) is 0.600. The molecule has 2 aliphatic rings. The van der Waals surface area contributed by atoms with E-state index in [1.165, 1.54) is 13.3 Å². The molecule has 1 saturated carbocycles. The Hall–Kier alpha value is -2.18. The normalized spacial score (nSPS) is 30.7. The van der Waals surface area contributed by atoms with Gasteiger partial charge in [-0.15, -0.1) is 0 Å². The lowest BCUT2D eigenvalue weighted by Gasteiger charge is -2.41. The lowest BCUT2D eigenvalue weighted by molar-refractivity contribution is -0.224. The van der Waals surface area contributed by atoms with Gasteiger partial charge in [0.25, 0.3) is 5.91 Å². The van der Waals surface area contributed by atoms with Crippen molar-refractivity contribution < 1.29 is 23.8 Å². The second-order valence-corrected chi connectivity index (χ2v) is 9.10. The number of carbonyl (C=O) groups excluding carboxylic acids is 2. The second-order valence-electron chi connectivity index (χ2n) is 9.10. The fourth-order valence-electron chi connectivity index (χ4n) is 4.43. The van der Waals surface area contributed by atoms with Crippen molar-refractivity contribution in [2.75, 3.05) is 6.61 Å². The van der Waals surface area contributed by atoms with Crippen molar-refractivity contribution in [3.63, 3.8) is 0 Å². The van der Waals surface area contributed by atoms with Gasteiger partial charge in [0.2, 0.25) is 0 Å². The summed E-state index contributed by atoms with van der Waals surface area (Å²) in [5.41, 5.74) is 0.586. The number of esters is 1. The lowest BCUT2D eigenvalue weighted by atomic mass is 9.75. The molecule has 6 atom stereocenters. The number of rotatable bonds is 7. The number of carbonyl (C=O) groups is 2. The zero-order valence-corrected chi connectivity index (χ0v) is 19.0. The molecule has 0 bridgehead atoms. The molecule has 0 saturated heterocycles. The van der Waals surface area contributed by atoms with Crippen LogP contribution in [0, 0.1) is 17.8 Å². The minimum absolute atomic E-state index is 0.0609. The topological polar surface area (TPSA) is 73.9 Å². The lowest BCUT2D eigenvalue weighted by Crippen LogP contribution is -2.51. The minimum atomic E-state index is -0.644. The zero-order chi connectivity index (χ0) is 22.4. The maximum atomic E-state index is 12.7. The van der Waals surface area contributed by atoms with E-state index >= 15 is 0 Å². The highest BCUT2D eigenvalue weighted by atomic mass is 16.7. The minimum Gasteiger partial charge on any atom is -0.463 e. The van der Waals surface area contributed by atoms with Gasteiger partial charge >= 0.3 is 5.97 Å². The summed E-state index contributed by atoms with van der Waals surface area (Å²) in [5, 5.41) is 3.03. The van der Waals surface area contributed by atoms with Crippen LogP contribution < -0.4 is 5.32 Å². The molecule has 1 aromatic carbocycles. The third-order valence-electron chi connectivity index (χ3n) is 6.19. The summed E-state index contributed by atoms with van der Waals surface area (Å²) in [5.74, 6) is 1.01. The van der Waals surface area contributed by atoms with Crippen LogP contribution in [0.4, 0.5) is 0 Å². The van der Waals surface area contributed by atoms with E-state index in [1.54, 1.807) is 12.1 Å². The van der Waals surface area contributed by atoms with Gasteiger partial charge in [0, 0.05) is 12.5 Å². The van der Waals surface area contributed by atoms with E-state index < -0.39 is 18.4 Å². The molecule has 0 spiro atoms. The first-order valence-corrected chi connectivity index (χ1v) is 11.3. The summed E-state index contributed by atoms with van der Waals surface area (Å²) in [4.78, 5) is 24.0. The summed E-state index contributed by atoms with van der Waals surface area (Å²) in [6, 6.07) is 8.68. The predicted molar refractivity (Wildman–Crippen MR) is 118 cm³/mol. The highest BCUT2D eigenvalue weighted by Crippen LogP contribution is 2.36. The quantitative estimate of drug-likeness (QED) is 0.522. The Morgan fingerprint density at radius 3 is 2.58 bits per heavy atom. The largest absolute Gasteiger partial charge is 0.463 e. The second kappa shape index (κ2) is 10.9. The first-order valence-electron chi connectivity index (χ1n) is 11.3. The average Bonchev–Trinajstić information content (AvgIpc) is 2.74. The summed E-state index contributed by atoms with van der Waals surface area (Å²) >= 11 is 0. The first kappa shape index (κ1) is 23.5. The zero-order valence-electron chi connectivity index (χ0n) is 19.0. The third kappa shape index (κ3) is 6.65. The molecule has 6 nitrogen and oxygen atoms in total. The Kier molecular flexibility index (Phi) is 8.27. The monoisotopic (exact) mass is 429 g/mol. The number of nitrogens with one attached hydrogen (secondary N) is 1. The summed E-state index contributed by atoms with van der Waals surface area (Å²) in [6.45, 7) is 8.22. The van der Waals surface area contributed by atoms with Crippen molar-refractivity contribution in [1.29, 1.82) is 0 Å². The predicted octanol–water partition coefficient (Wildman–Crippen LogP) is 4.11. The highest BCUT2D eigenvalue weighted by molar-refractivity contribution is 5.94. The Bertz CT molecular complexity index is 762. The van der Waals surface area contributed by atoms with Crippen LogP contribution in [0.25, 0.3) is 0 Å². The Morgan fingerprint density at radius 2 is 1.90 bits per heavy atom. The van der Waals surface area contributed by atoms with Gasteiger partial charge in [-0.1, -0.05) is 57.5 Å². The number of hydrogen-bond acceptors (Lipinski definition) is 5. The van der Waals surface area contributed by atoms with Crippen molar-refractivity contribution in [2.24, 2.45) is 17.8 Å². The molecular weight excluding hydrogens is 394 g/mol. The summed E-state index contributed by atoms with van der Waals surface area (Å²) in [6.07, 6.45) is 6.03. The summed E-state index contributed by atoms with van der Waals surface area (Å²) in [7, 11) is 0. The average molecular weight is 430 g/mol. The molecule has 0 radical (unpaired) electrons. The molecule has 1 amide bonds. The third-order valence-corrected chi connectivity index (χ3v) is 6.19. The van der Waals surface area contributed by atoms with Crippen molar-refractivity contribution in [3.05, 3.63) is 48.0 Å². The van der Waals surface area contributed by atoms with E-state index in [0.717, 1.165) is 12.8 Å². The van der Waals surface area contributed by atoms with Crippen molar-refractivity contribution in [2.45, 2.75) is 71.5 Å². The molecule has 31 heavy (non-hydrogen) atoms. The molecule has 1 N–H and O–H groups in total.